The molecule has 2 aromatic heterocycles. The van der Waals surface area contributed by atoms with Crippen LogP contribution in [-0.4, -0.2) is 16.5 Å². The molecule has 1 aliphatic rings. The summed E-state index contributed by atoms with van der Waals surface area (Å²) in [5.41, 5.74) is 2.48. The van der Waals surface area contributed by atoms with Crippen molar-refractivity contribution in [3.63, 3.8) is 0 Å². The van der Waals surface area contributed by atoms with Gasteiger partial charge in [-0.1, -0.05) is 6.07 Å². The summed E-state index contributed by atoms with van der Waals surface area (Å²) in [4.78, 5) is 8.47. The predicted octanol–water partition coefficient (Wildman–Crippen LogP) is 2.51. The topological polar surface area (TPSA) is 49.8 Å². The van der Waals surface area contributed by atoms with Crippen molar-refractivity contribution in [1.82, 2.24) is 15.3 Å². The Morgan fingerprint density at radius 1 is 1.32 bits per heavy atom. The zero-order valence-corrected chi connectivity index (χ0v) is 10.8. The lowest BCUT2D eigenvalue weighted by Gasteiger charge is -2.12. The minimum atomic E-state index is 0.488. The standard InChI is InChI=1S/C15H18N4/c1-3-12(10-16-6-1)11-19-15-9-13(5-8-18-15)14-4-2-7-17-14/h1,3,5-6,8-10,14,17H,2,4,7,11H2,(H,18,19)/t14-/m0/s1. The van der Waals surface area contributed by atoms with Crippen LogP contribution < -0.4 is 10.6 Å². The zero-order valence-electron chi connectivity index (χ0n) is 10.8. The molecule has 0 bridgehead atoms. The molecule has 0 aromatic carbocycles. The molecule has 2 aromatic rings. The van der Waals surface area contributed by atoms with Gasteiger partial charge in [0.1, 0.15) is 5.82 Å². The maximum absolute atomic E-state index is 4.37. The molecule has 19 heavy (non-hydrogen) atoms. The van der Waals surface area contributed by atoms with Crippen molar-refractivity contribution in [2.24, 2.45) is 0 Å². The van der Waals surface area contributed by atoms with Gasteiger partial charge in [-0.05, 0) is 48.7 Å². The summed E-state index contributed by atoms with van der Waals surface area (Å²) in [6.45, 7) is 1.87. The number of nitrogens with one attached hydrogen (secondary N) is 2. The highest BCUT2D eigenvalue weighted by atomic mass is 15.0. The third-order valence-electron chi connectivity index (χ3n) is 3.44. The fourth-order valence-corrected chi connectivity index (χ4v) is 2.42. The van der Waals surface area contributed by atoms with E-state index in [1.165, 1.54) is 18.4 Å². The Labute approximate surface area is 113 Å². The molecule has 98 valence electrons. The van der Waals surface area contributed by atoms with Crippen LogP contribution in [0.5, 0.6) is 0 Å². The van der Waals surface area contributed by atoms with E-state index in [4.69, 9.17) is 0 Å². The molecule has 3 heterocycles. The van der Waals surface area contributed by atoms with Crippen LogP contribution >= 0.6 is 0 Å². The van der Waals surface area contributed by atoms with E-state index >= 15 is 0 Å². The van der Waals surface area contributed by atoms with E-state index in [-0.39, 0.29) is 0 Å². The predicted molar refractivity (Wildman–Crippen MR) is 75.8 cm³/mol. The minimum absolute atomic E-state index is 0.488. The Morgan fingerprint density at radius 2 is 2.32 bits per heavy atom. The Kier molecular flexibility index (Phi) is 3.70. The molecule has 0 aliphatic carbocycles. The first kappa shape index (κ1) is 12.1. The van der Waals surface area contributed by atoms with Gasteiger partial charge in [0.15, 0.2) is 0 Å². The molecular formula is C15H18N4. The van der Waals surface area contributed by atoms with Crippen molar-refractivity contribution in [1.29, 1.82) is 0 Å². The third kappa shape index (κ3) is 3.09. The van der Waals surface area contributed by atoms with Crippen molar-refractivity contribution in [3.8, 4) is 0 Å². The molecule has 0 saturated carbocycles. The van der Waals surface area contributed by atoms with Crippen molar-refractivity contribution in [2.45, 2.75) is 25.4 Å². The van der Waals surface area contributed by atoms with E-state index in [1.54, 1.807) is 6.20 Å². The van der Waals surface area contributed by atoms with Crippen LogP contribution in [0.2, 0.25) is 0 Å². The van der Waals surface area contributed by atoms with Crippen LogP contribution in [0.4, 0.5) is 5.82 Å². The van der Waals surface area contributed by atoms with E-state index in [9.17, 15) is 0 Å². The normalized spacial score (nSPS) is 18.4. The first-order chi connectivity index (χ1) is 9.42. The minimum Gasteiger partial charge on any atom is -0.366 e. The van der Waals surface area contributed by atoms with Gasteiger partial charge in [-0.15, -0.1) is 0 Å². The number of pyridine rings is 2. The molecule has 3 rings (SSSR count). The van der Waals surface area contributed by atoms with Crippen LogP contribution in [0, 0.1) is 0 Å². The van der Waals surface area contributed by atoms with Crippen molar-refractivity contribution < 1.29 is 0 Å². The first-order valence-electron chi connectivity index (χ1n) is 6.74. The number of anilines is 1. The average Bonchev–Trinajstić information content (AvgIpc) is 3.01. The molecule has 1 saturated heterocycles. The van der Waals surface area contributed by atoms with E-state index in [2.05, 4.69) is 38.8 Å². The van der Waals surface area contributed by atoms with Gasteiger partial charge in [0.25, 0.3) is 0 Å². The Bertz CT molecular complexity index is 521. The van der Waals surface area contributed by atoms with Crippen LogP contribution in [0.25, 0.3) is 0 Å². The molecule has 0 radical (unpaired) electrons. The largest absolute Gasteiger partial charge is 0.366 e. The van der Waals surface area contributed by atoms with Gasteiger partial charge in [-0.25, -0.2) is 4.98 Å². The van der Waals surface area contributed by atoms with Crippen molar-refractivity contribution in [3.05, 3.63) is 54.0 Å². The second kappa shape index (κ2) is 5.80. The van der Waals surface area contributed by atoms with Crippen molar-refractivity contribution in [2.75, 3.05) is 11.9 Å². The molecule has 4 nitrogen and oxygen atoms in total. The highest BCUT2D eigenvalue weighted by Crippen LogP contribution is 2.24. The van der Waals surface area contributed by atoms with E-state index < -0.39 is 0 Å². The maximum atomic E-state index is 4.37. The second-order valence-electron chi connectivity index (χ2n) is 4.84. The third-order valence-corrected chi connectivity index (χ3v) is 3.44. The van der Waals surface area contributed by atoms with Crippen LogP contribution in [0.15, 0.2) is 42.9 Å². The van der Waals surface area contributed by atoms with E-state index in [1.807, 2.05) is 18.5 Å². The molecular weight excluding hydrogens is 236 g/mol. The SMILES string of the molecule is c1cncc(CNc2cc([C@@H]3CCCN3)ccn2)c1. The smallest absolute Gasteiger partial charge is 0.126 e. The number of rotatable bonds is 4. The number of nitrogens with zero attached hydrogens (tertiary/aromatic N) is 2. The Hall–Kier alpha value is -1.94. The monoisotopic (exact) mass is 254 g/mol. The quantitative estimate of drug-likeness (QED) is 0.880. The molecule has 1 fully saturated rings. The number of aromatic nitrogens is 2. The summed E-state index contributed by atoms with van der Waals surface area (Å²) >= 11 is 0. The molecule has 4 heteroatoms. The van der Waals surface area contributed by atoms with Crippen LogP contribution in [0.3, 0.4) is 0 Å². The van der Waals surface area contributed by atoms with E-state index in [0.717, 1.165) is 24.5 Å². The van der Waals surface area contributed by atoms with Gasteiger partial charge in [0, 0.05) is 31.2 Å². The average molecular weight is 254 g/mol. The summed E-state index contributed by atoms with van der Waals surface area (Å²) in [7, 11) is 0. The Balaban J connectivity index is 1.66. The lowest BCUT2D eigenvalue weighted by Crippen LogP contribution is -2.13. The fraction of sp³-hybridized carbons (Fsp3) is 0.333. The van der Waals surface area contributed by atoms with Crippen LogP contribution in [-0.2, 0) is 6.54 Å². The van der Waals surface area contributed by atoms with E-state index in [0.29, 0.717) is 6.04 Å². The first-order valence-corrected chi connectivity index (χ1v) is 6.74. The molecule has 1 atom stereocenters. The number of hydrogen-bond acceptors (Lipinski definition) is 4. The molecule has 0 unspecified atom stereocenters. The van der Waals surface area contributed by atoms with Gasteiger partial charge in [0.2, 0.25) is 0 Å². The zero-order chi connectivity index (χ0) is 12.9. The van der Waals surface area contributed by atoms with Gasteiger partial charge in [0.05, 0.1) is 0 Å². The summed E-state index contributed by atoms with van der Waals surface area (Å²) in [5, 5.41) is 6.85. The fourth-order valence-electron chi connectivity index (χ4n) is 2.42. The van der Waals surface area contributed by atoms with Crippen molar-refractivity contribution >= 4 is 5.82 Å². The highest BCUT2D eigenvalue weighted by molar-refractivity contribution is 5.39. The maximum Gasteiger partial charge on any atom is 0.126 e. The molecule has 0 amide bonds. The summed E-state index contributed by atoms with van der Waals surface area (Å²) < 4.78 is 0. The summed E-state index contributed by atoms with van der Waals surface area (Å²) in [6, 6.07) is 8.73. The lowest BCUT2D eigenvalue weighted by atomic mass is 10.1. The van der Waals surface area contributed by atoms with Gasteiger partial charge < -0.3 is 10.6 Å². The Morgan fingerprint density at radius 3 is 3.11 bits per heavy atom. The molecule has 0 spiro atoms. The molecule has 1 aliphatic heterocycles. The molecule has 2 N–H and O–H groups in total. The van der Waals surface area contributed by atoms with Crippen LogP contribution in [0.1, 0.15) is 30.0 Å². The van der Waals surface area contributed by atoms with Gasteiger partial charge in [-0.3, -0.25) is 4.98 Å². The summed E-state index contributed by atoms with van der Waals surface area (Å²) in [5.74, 6) is 0.926. The summed E-state index contributed by atoms with van der Waals surface area (Å²) in [6.07, 6.45) is 8.00. The lowest BCUT2D eigenvalue weighted by molar-refractivity contribution is 0.647. The van der Waals surface area contributed by atoms with Gasteiger partial charge >= 0.3 is 0 Å². The number of hydrogen-bond donors (Lipinski definition) is 2. The van der Waals surface area contributed by atoms with Gasteiger partial charge in [-0.2, -0.15) is 0 Å². The second-order valence-corrected chi connectivity index (χ2v) is 4.84. The highest BCUT2D eigenvalue weighted by Gasteiger charge is 2.16.